The Labute approximate surface area is 144 Å². The van der Waals surface area contributed by atoms with Crippen LogP contribution < -0.4 is 15.4 Å². The van der Waals surface area contributed by atoms with Crippen molar-refractivity contribution in [3.05, 3.63) is 22.7 Å². The van der Waals surface area contributed by atoms with E-state index in [-0.39, 0.29) is 43.4 Å². The molecule has 0 aliphatic carbocycles. The van der Waals surface area contributed by atoms with Gasteiger partial charge in [-0.25, -0.2) is 0 Å². The summed E-state index contributed by atoms with van der Waals surface area (Å²) in [5.41, 5.74) is 6.17. The normalized spacial score (nSPS) is 14.5. The van der Waals surface area contributed by atoms with Crippen LogP contribution in [0.25, 0.3) is 0 Å². The number of hydrogen-bond donors (Lipinski definition) is 1. The lowest BCUT2D eigenvalue weighted by atomic mass is 10.2. The quantitative estimate of drug-likeness (QED) is 0.840. The number of halogens is 2. The Kier molecular flexibility index (Phi) is 6.65. The average Bonchev–Trinajstić information content (AvgIpc) is 2.48. The predicted molar refractivity (Wildman–Crippen MR) is 90.5 cm³/mol. The van der Waals surface area contributed by atoms with Crippen LogP contribution in [-0.2, 0) is 9.59 Å². The van der Waals surface area contributed by atoms with Gasteiger partial charge in [-0.15, -0.1) is 12.4 Å². The number of hydrogen-bond acceptors (Lipinski definition) is 4. The van der Waals surface area contributed by atoms with Crippen molar-refractivity contribution in [3.8, 4) is 5.75 Å². The average molecular weight is 393 g/mol. The van der Waals surface area contributed by atoms with E-state index in [1.54, 1.807) is 24.1 Å². The molecule has 1 aliphatic heterocycles. The lowest BCUT2D eigenvalue weighted by Crippen LogP contribution is -2.48. The summed E-state index contributed by atoms with van der Waals surface area (Å²) >= 11 is 3.36. The highest BCUT2D eigenvalue weighted by molar-refractivity contribution is 9.10. The summed E-state index contributed by atoms with van der Waals surface area (Å²) in [5.74, 6) is 0.204. The number of fused-ring (bicyclic) bond motifs is 1. The van der Waals surface area contributed by atoms with E-state index >= 15 is 0 Å². The number of nitrogens with two attached hydrogens (primary N) is 1. The standard InChI is InChI=1S/C14H18BrN3O3.ClH/c1-9(6-16)17(2)13(19)7-18-11-4-3-10(15)5-12(11)21-8-14(18)20;/h3-5,9H,6-8,16H2,1-2H3;1H. The predicted octanol–water partition coefficient (Wildman–Crippen LogP) is 1.40. The molecule has 1 aromatic carbocycles. The van der Waals surface area contributed by atoms with Gasteiger partial charge in [0.1, 0.15) is 12.3 Å². The molecular formula is C14H19BrClN3O3. The molecule has 0 saturated carbocycles. The first-order valence-corrected chi connectivity index (χ1v) is 7.41. The molecule has 1 aliphatic rings. The first-order valence-electron chi connectivity index (χ1n) is 6.62. The van der Waals surface area contributed by atoms with Gasteiger partial charge in [0.25, 0.3) is 5.91 Å². The maximum Gasteiger partial charge on any atom is 0.265 e. The van der Waals surface area contributed by atoms with E-state index in [0.29, 0.717) is 18.0 Å². The third-order valence-electron chi connectivity index (χ3n) is 3.55. The van der Waals surface area contributed by atoms with E-state index in [9.17, 15) is 9.59 Å². The zero-order chi connectivity index (χ0) is 15.6. The van der Waals surface area contributed by atoms with Crippen LogP contribution in [0.3, 0.4) is 0 Å². The van der Waals surface area contributed by atoms with Gasteiger partial charge in [0.15, 0.2) is 6.61 Å². The first kappa shape index (κ1) is 18.7. The van der Waals surface area contributed by atoms with E-state index in [0.717, 1.165) is 4.47 Å². The second-order valence-electron chi connectivity index (χ2n) is 4.97. The highest BCUT2D eigenvalue weighted by Crippen LogP contribution is 2.34. The van der Waals surface area contributed by atoms with E-state index < -0.39 is 0 Å². The fraction of sp³-hybridized carbons (Fsp3) is 0.429. The molecule has 2 amide bonds. The van der Waals surface area contributed by atoms with Crippen LogP contribution in [-0.4, -0.2) is 49.5 Å². The van der Waals surface area contributed by atoms with Gasteiger partial charge >= 0.3 is 0 Å². The van der Waals surface area contributed by atoms with Gasteiger partial charge in [0, 0.05) is 24.1 Å². The number of carbonyl (C=O) groups is 2. The number of rotatable bonds is 4. The van der Waals surface area contributed by atoms with Crippen molar-refractivity contribution in [2.75, 3.05) is 31.6 Å². The summed E-state index contributed by atoms with van der Waals surface area (Å²) in [6.07, 6.45) is 0. The molecule has 0 aromatic heterocycles. The second kappa shape index (κ2) is 7.80. The largest absolute Gasteiger partial charge is 0.482 e. The Morgan fingerprint density at radius 2 is 2.23 bits per heavy atom. The molecule has 0 fully saturated rings. The van der Waals surface area contributed by atoms with Crippen molar-refractivity contribution in [3.63, 3.8) is 0 Å². The lowest BCUT2D eigenvalue weighted by molar-refractivity contribution is -0.132. The molecule has 0 saturated heterocycles. The Morgan fingerprint density at radius 3 is 2.86 bits per heavy atom. The highest BCUT2D eigenvalue weighted by atomic mass is 79.9. The molecule has 22 heavy (non-hydrogen) atoms. The van der Waals surface area contributed by atoms with Crippen LogP contribution in [0.5, 0.6) is 5.75 Å². The van der Waals surface area contributed by atoms with Crippen LogP contribution >= 0.6 is 28.3 Å². The first-order chi connectivity index (χ1) is 9.93. The molecule has 8 heteroatoms. The second-order valence-corrected chi connectivity index (χ2v) is 5.89. The minimum atomic E-state index is -0.230. The Bertz CT molecular complexity index is 570. The molecular weight excluding hydrogens is 374 g/mol. The van der Waals surface area contributed by atoms with Crippen LogP contribution in [0.15, 0.2) is 22.7 Å². The summed E-state index contributed by atoms with van der Waals surface area (Å²) in [6.45, 7) is 2.16. The number of amides is 2. The van der Waals surface area contributed by atoms with E-state index in [4.69, 9.17) is 10.5 Å². The van der Waals surface area contributed by atoms with Crippen LogP contribution in [0.1, 0.15) is 6.92 Å². The molecule has 122 valence electrons. The Hall–Kier alpha value is -1.31. The minimum Gasteiger partial charge on any atom is -0.482 e. The SMILES string of the molecule is CC(CN)N(C)C(=O)CN1C(=O)COc2cc(Br)ccc21.Cl. The van der Waals surface area contributed by atoms with Crippen LogP contribution in [0.2, 0.25) is 0 Å². The van der Waals surface area contributed by atoms with E-state index in [2.05, 4.69) is 15.9 Å². The van der Waals surface area contributed by atoms with Crippen LogP contribution in [0.4, 0.5) is 5.69 Å². The summed E-state index contributed by atoms with van der Waals surface area (Å²) < 4.78 is 6.25. The van der Waals surface area contributed by atoms with Gasteiger partial charge in [0.05, 0.1) is 5.69 Å². The van der Waals surface area contributed by atoms with Crippen molar-refractivity contribution >= 4 is 45.8 Å². The van der Waals surface area contributed by atoms with Gasteiger partial charge in [-0.1, -0.05) is 15.9 Å². The molecule has 1 aromatic rings. The monoisotopic (exact) mass is 391 g/mol. The van der Waals surface area contributed by atoms with Crippen molar-refractivity contribution in [1.82, 2.24) is 4.90 Å². The third kappa shape index (κ3) is 3.91. The maximum absolute atomic E-state index is 12.3. The minimum absolute atomic E-state index is 0. The molecule has 1 heterocycles. The molecule has 0 radical (unpaired) electrons. The van der Waals surface area contributed by atoms with Crippen molar-refractivity contribution in [2.24, 2.45) is 5.73 Å². The van der Waals surface area contributed by atoms with E-state index in [1.807, 2.05) is 13.0 Å². The Balaban J connectivity index is 0.00000242. The van der Waals surface area contributed by atoms with Gasteiger partial charge in [0.2, 0.25) is 5.91 Å². The van der Waals surface area contributed by atoms with Crippen LogP contribution in [0, 0.1) is 0 Å². The smallest absolute Gasteiger partial charge is 0.265 e. The number of anilines is 1. The highest BCUT2D eigenvalue weighted by Gasteiger charge is 2.29. The van der Waals surface area contributed by atoms with Gasteiger partial charge in [-0.3, -0.25) is 14.5 Å². The number of nitrogens with zero attached hydrogens (tertiary/aromatic N) is 2. The van der Waals surface area contributed by atoms with E-state index in [1.165, 1.54) is 4.90 Å². The molecule has 0 bridgehead atoms. The van der Waals surface area contributed by atoms with Gasteiger partial charge < -0.3 is 15.4 Å². The zero-order valence-electron chi connectivity index (χ0n) is 12.4. The van der Waals surface area contributed by atoms with Crippen molar-refractivity contribution in [2.45, 2.75) is 13.0 Å². The number of ether oxygens (including phenoxy) is 1. The topological polar surface area (TPSA) is 75.9 Å². The number of benzene rings is 1. The molecule has 0 spiro atoms. The summed E-state index contributed by atoms with van der Waals surface area (Å²) in [7, 11) is 1.69. The molecule has 1 atom stereocenters. The molecule has 2 rings (SSSR count). The fourth-order valence-electron chi connectivity index (χ4n) is 2.00. The third-order valence-corrected chi connectivity index (χ3v) is 4.05. The van der Waals surface area contributed by atoms with Gasteiger partial charge in [-0.2, -0.15) is 0 Å². The number of likely N-dealkylation sites (N-methyl/N-ethyl adjacent to an activating group) is 1. The maximum atomic E-state index is 12.3. The summed E-state index contributed by atoms with van der Waals surface area (Å²) in [4.78, 5) is 27.3. The lowest BCUT2D eigenvalue weighted by Gasteiger charge is -2.31. The van der Waals surface area contributed by atoms with Crippen molar-refractivity contribution < 1.29 is 14.3 Å². The molecule has 2 N–H and O–H groups in total. The molecule has 6 nitrogen and oxygen atoms in total. The fourth-order valence-corrected chi connectivity index (χ4v) is 2.34. The van der Waals surface area contributed by atoms with Gasteiger partial charge in [-0.05, 0) is 25.1 Å². The van der Waals surface area contributed by atoms with Crippen molar-refractivity contribution in [1.29, 1.82) is 0 Å². The molecule has 1 unspecified atom stereocenters. The summed E-state index contributed by atoms with van der Waals surface area (Å²) in [5, 5.41) is 0. The number of carbonyl (C=O) groups excluding carboxylic acids is 2. The zero-order valence-corrected chi connectivity index (χ0v) is 14.8. The Morgan fingerprint density at radius 1 is 1.55 bits per heavy atom. The summed E-state index contributed by atoms with van der Waals surface area (Å²) in [6, 6.07) is 5.28.